The van der Waals surface area contributed by atoms with Crippen molar-refractivity contribution >= 4 is 76.0 Å². The van der Waals surface area contributed by atoms with E-state index in [1.807, 2.05) is 12.1 Å². The summed E-state index contributed by atoms with van der Waals surface area (Å²) in [6.45, 7) is 0. The topological polar surface area (TPSA) is 69.1 Å². The van der Waals surface area contributed by atoms with Crippen LogP contribution in [0.15, 0.2) is 77.6 Å². The average molecular weight is 432 g/mol. The molecule has 4 N–H and O–H groups in total. The van der Waals surface area contributed by atoms with Gasteiger partial charge >= 0.3 is 0 Å². The second-order valence-electron chi connectivity index (χ2n) is 9.65. The van der Waals surface area contributed by atoms with Crippen LogP contribution in [0.1, 0.15) is 0 Å². The normalized spacial score (nSPS) is 13.1. The molecule has 3 heteroatoms. The minimum atomic E-state index is 0.0792. The molecule has 0 spiro atoms. The van der Waals surface area contributed by atoms with Crippen LogP contribution in [0.2, 0.25) is 0 Å². The highest BCUT2D eigenvalue weighted by molar-refractivity contribution is 6.42. The monoisotopic (exact) mass is 432 g/mol. The van der Waals surface area contributed by atoms with Crippen molar-refractivity contribution in [2.75, 3.05) is 11.5 Å². The maximum Gasteiger partial charge on any atom is 0.195 e. The highest BCUT2D eigenvalue weighted by atomic mass is 16.1. The molecule has 156 valence electrons. The average Bonchev–Trinajstić information content (AvgIpc) is 3.45. The first-order chi connectivity index (χ1) is 16.6. The summed E-state index contributed by atoms with van der Waals surface area (Å²) in [5, 5.41) is 13.0. The molecule has 0 saturated carbocycles. The van der Waals surface area contributed by atoms with Crippen molar-refractivity contribution in [3.8, 4) is 22.3 Å². The molecule has 0 fully saturated rings. The van der Waals surface area contributed by atoms with Gasteiger partial charge in [-0.25, -0.2) is 0 Å². The van der Waals surface area contributed by atoms with Crippen LogP contribution >= 0.6 is 0 Å². The largest absolute Gasteiger partial charge is 0.398 e. The minimum Gasteiger partial charge on any atom is -0.398 e. The standard InChI is InChI=1S/C31H16N2O/c32-19-11-15-5-1-3-13-7-9-17-23(21(13)15)27(19)29-25(17)31(34)26-18-10-8-14-4-2-6-16-12-20(33)28(30(26)29)24(18)22(14)16/h1-12H,32-33H2. The van der Waals surface area contributed by atoms with Crippen LogP contribution in [-0.4, -0.2) is 0 Å². The lowest BCUT2D eigenvalue weighted by Crippen LogP contribution is -1.97. The lowest BCUT2D eigenvalue weighted by atomic mass is 9.95. The molecule has 0 heterocycles. The minimum absolute atomic E-state index is 0.0792. The number of hydrogen-bond acceptors (Lipinski definition) is 3. The Hall–Kier alpha value is -4.63. The van der Waals surface area contributed by atoms with Gasteiger partial charge in [0.25, 0.3) is 0 Å². The Kier molecular flexibility index (Phi) is 2.55. The number of anilines is 2. The highest BCUT2D eigenvalue weighted by Gasteiger charge is 2.35. The summed E-state index contributed by atoms with van der Waals surface area (Å²) in [6.07, 6.45) is 0. The lowest BCUT2D eigenvalue weighted by molar-refractivity contribution is 1.77. The van der Waals surface area contributed by atoms with Crippen LogP contribution in [0.5, 0.6) is 0 Å². The van der Waals surface area contributed by atoms with Crippen molar-refractivity contribution in [1.82, 2.24) is 0 Å². The molecule has 3 aliphatic carbocycles. The third-order valence-electron chi connectivity index (χ3n) is 8.10. The van der Waals surface area contributed by atoms with Crippen molar-refractivity contribution in [2.45, 2.75) is 0 Å². The van der Waals surface area contributed by atoms with Gasteiger partial charge in [-0.15, -0.1) is 0 Å². The summed E-state index contributed by atoms with van der Waals surface area (Å²) in [4.78, 5) is 14.2. The molecule has 0 bridgehead atoms. The van der Waals surface area contributed by atoms with E-state index in [-0.39, 0.29) is 5.43 Å². The molecule has 6 aromatic rings. The summed E-state index contributed by atoms with van der Waals surface area (Å²) in [5.41, 5.74) is 18.4. The zero-order chi connectivity index (χ0) is 22.5. The van der Waals surface area contributed by atoms with Crippen molar-refractivity contribution in [3.63, 3.8) is 0 Å². The molecule has 34 heavy (non-hydrogen) atoms. The van der Waals surface area contributed by atoms with E-state index in [2.05, 4.69) is 60.7 Å². The predicted octanol–water partition coefficient (Wildman–Crippen LogP) is 7.09. The van der Waals surface area contributed by atoms with Gasteiger partial charge in [0.05, 0.1) is 0 Å². The van der Waals surface area contributed by atoms with Crippen LogP contribution in [0.4, 0.5) is 11.4 Å². The van der Waals surface area contributed by atoms with Gasteiger partial charge in [0.2, 0.25) is 0 Å². The van der Waals surface area contributed by atoms with Crippen molar-refractivity contribution in [3.05, 3.63) is 83.0 Å². The van der Waals surface area contributed by atoms with Gasteiger partial charge in [-0.2, -0.15) is 0 Å². The van der Waals surface area contributed by atoms with Gasteiger partial charge in [-0.05, 0) is 55.2 Å². The van der Waals surface area contributed by atoms with Crippen molar-refractivity contribution in [1.29, 1.82) is 0 Å². The second kappa shape index (κ2) is 5.13. The first-order valence-corrected chi connectivity index (χ1v) is 11.5. The smallest absolute Gasteiger partial charge is 0.195 e. The molecule has 0 aliphatic heterocycles. The van der Waals surface area contributed by atoms with Gasteiger partial charge < -0.3 is 11.5 Å². The number of nitrogen functional groups attached to an aromatic ring is 2. The SMILES string of the molecule is Nc1cc2cccc3ccc4c5c(=O)c6c7ccc8cccc9cc(N)c(c-6c-5c1c4c32)c7c89. The van der Waals surface area contributed by atoms with Crippen LogP contribution in [0, 0.1) is 0 Å². The number of benzene rings is 6. The molecule has 3 nitrogen and oxygen atoms in total. The molecule has 3 aliphatic rings. The van der Waals surface area contributed by atoms with Crippen LogP contribution < -0.4 is 16.9 Å². The third-order valence-corrected chi connectivity index (χ3v) is 8.10. The summed E-state index contributed by atoms with van der Waals surface area (Å²) in [5.74, 6) is 0. The maximum atomic E-state index is 14.2. The van der Waals surface area contributed by atoms with E-state index >= 15 is 0 Å². The zero-order valence-corrected chi connectivity index (χ0v) is 18.0. The summed E-state index contributed by atoms with van der Waals surface area (Å²) < 4.78 is 0. The maximum absolute atomic E-state index is 14.2. The lowest BCUT2D eigenvalue weighted by Gasteiger charge is -2.10. The molecule has 0 atom stereocenters. The molecule has 0 aromatic heterocycles. The van der Waals surface area contributed by atoms with Gasteiger partial charge in [0, 0.05) is 55.2 Å². The number of rotatable bonds is 0. The first-order valence-electron chi connectivity index (χ1n) is 11.5. The van der Waals surface area contributed by atoms with E-state index in [9.17, 15) is 4.79 Å². The quantitative estimate of drug-likeness (QED) is 0.251. The van der Waals surface area contributed by atoms with E-state index in [0.717, 1.165) is 76.1 Å². The first kappa shape index (κ1) is 16.9. The Morgan fingerprint density at radius 2 is 0.882 bits per heavy atom. The summed E-state index contributed by atoms with van der Waals surface area (Å²) >= 11 is 0. The molecular weight excluding hydrogens is 416 g/mol. The Labute approximate surface area is 192 Å². The highest BCUT2D eigenvalue weighted by Crippen LogP contribution is 2.57. The number of hydrogen-bond donors (Lipinski definition) is 2. The Balaban J connectivity index is 1.68. The Bertz CT molecular complexity index is 2100. The molecule has 0 unspecified atom stereocenters. The molecule has 9 rings (SSSR count). The van der Waals surface area contributed by atoms with Gasteiger partial charge in [0.1, 0.15) is 0 Å². The molecule has 6 aromatic carbocycles. The third kappa shape index (κ3) is 1.59. The predicted molar refractivity (Wildman–Crippen MR) is 145 cm³/mol. The number of nitrogens with two attached hydrogens (primary N) is 2. The fraction of sp³-hybridized carbons (Fsp3) is 0. The number of fused-ring (bicyclic) bond motifs is 7. The molecular formula is C31H16N2O. The van der Waals surface area contributed by atoms with Crippen molar-refractivity contribution in [2.24, 2.45) is 0 Å². The van der Waals surface area contributed by atoms with E-state index in [1.54, 1.807) is 0 Å². The molecule has 0 amide bonds. The van der Waals surface area contributed by atoms with Crippen LogP contribution in [0.25, 0.3) is 86.9 Å². The summed E-state index contributed by atoms with van der Waals surface area (Å²) in [6, 6.07) is 25.1. The van der Waals surface area contributed by atoms with E-state index < -0.39 is 0 Å². The van der Waals surface area contributed by atoms with E-state index in [4.69, 9.17) is 11.5 Å². The zero-order valence-electron chi connectivity index (χ0n) is 18.0. The van der Waals surface area contributed by atoms with Crippen LogP contribution in [0.3, 0.4) is 0 Å². The molecule has 0 radical (unpaired) electrons. The van der Waals surface area contributed by atoms with E-state index in [1.165, 1.54) is 10.8 Å². The van der Waals surface area contributed by atoms with Crippen molar-refractivity contribution < 1.29 is 0 Å². The second-order valence-corrected chi connectivity index (χ2v) is 9.65. The van der Waals surface area contributed by atoms with Gasteiger partial charge in [-0.1, -0.05) is 60.7 Å². The Morgan fingerprint density at radius 1 is 0.441 bits per heavy atom. The fourth-order valence-electron chi connectivity index (χ4n) is 6.91. The molecule has 0 saturated heterocycles. The Morgan fingerprint density at radius 3 is 1.35 bits per heavy atom. The van der Waals surface area contributed by atoms with Gasteiger partial charge in [0.15, 0.2) is 5.43 Å². The summed E-state index contributed by atoms with van der Waals surface area (Å²) in [7, 11) is 0. The van der Waals surface area contributed by atoms with E-state index in [0.29, 0.717) is 11.4 Å². The van der Waals surface area contributed by atoms with Gasteiger partial charge in [-0.3, -0.25) is 4.79 Å². The fourth-order valence-corrected chi connectivity index (χ4v) is 6.91. The van der Waals surface area contributed by atoms with Crippen LogP contribution in [-0.2, 0) is 0 Å².